The van der Waals surface area contributed by atoms with E-state index in [1.807, 2.05) is 36.4 Å². The van der Waals surface area contributed by atoms with Crippen LogP contribution in [0, 0.1) is 0 Å². The van der Waals surface area contributed by atoms with Crippen LogP contribution in [0.15, 0.2) is 66.0 Å². The van der Waals surface area contributed by atoms with E-state index in [0.29, 0.717) is 17.1 Å². The van der Waals surface area contributed by atoms with E-state index in [-0.39, 0.29) is 0 Å². The molecular weight excluding hydrogens is 308 g/mol. The largest absolute Gasteiger partial charge is 0.481 e. The Morgan fingerprint density at radius 3 is 2.71 bits per heavy atom. The van der Waals surface area contributed by atoms with E-state index in [1.165, 1.54) is 6.33 Å². The van der Waals surface area contributed by atoms with Gasteiger partial charge < -0.3 is 9.84 Å². The molecule has 24 heavy (non-hydrogen) atoms. The monoisotopic (exact) mass is 322 g/mol. The molecule has 0 aliphatic carbocycles. The summed E-state index contributed by atoms with van der Waals surface area (Å²) >= 11 is 0. The Morgan fingerprint density at radius 2 is 1.92 bits per heavy atom. The second-order valence-electron chi connectivity index (χ2n) is 4.83. The van der Waals surface area contributed by atoms with Crippen molar-refractivity contribution in [2.24, 2.45) is 5.10 Å². The first-order chi connectivity index (χ1) is 11.7. The Morgan fingerprint density at radius 1 is 1.17 bits per heavy atom. The summed E-state index contributed by atoms with van der Waals surface area (Å²) in [5.41, 5.74) is 1.55. The number of hydrogen-bond acceptors (Lipinski definition) is 5. The summed E-state index contributed by atoms with van der Waals surface area (Å²) in [6.07, 6.45) is 3.08. The van der Waals surface area contributed by atoms with Gasteiger partial charge in [0.05, 0.1) is 6.21 Å². The zero-order chi connectivity index (χ0) is 16.8. The van der Waals surface area contributed by atoms with Crippen LogP contribution in [-0.2, 0) is 4.79 Å². The Balaban J connectivity index is 1.85. The topological polar surface area (TPSA) is 89.6 Å². The Hall–Kier alpha value is -3.48. The van der Waals surface area contributed by atoms with Gasteiger partial charge in [-0.15, -0.1) is 10.2 Å². The smallest absolute Gasteiger partial charge is 0.341 e. The standard InChI is InChI=1S/C17H14N4O3/c22-16(23)11-24-15-9-5-4-8-14(15)10-19-21-12-18-20-17(21)13-6-2-1-3-7-13/h1-10,12H,11H2,(H,22,23)/b19-10-. The lowest BCUT2D eigenvalue weighted by atomic mass is 10.2. The molecule has 1 N–H and O–H groups in total. The van der Waals surface area contributed by atoms with Gasteiger partial charge in [0.15, 0.2) is 12.4 Å². The number of aliphatic carboxylic acids is 1. The average molecular weight is 322 g/mol. The third kappa shape index (κ3) is 3.64. The van der Waals surface area contributed by atoms with Gasteiger partial charge in [0.1, 0.15) is 12.1 Å². The molecule has 0 spiro atoms. The Kier molecular flexibility index (Phi) is 4.62. The Labute approximate surface area is 137 Å². The number of rotatable bonds is 6. The molecule has 0 aliphatic rings. The zero-order valence-electron chi connectivity index (χ0n) is 12.6. The average Bonchev–Trinajstić information content (AvgIpc) is 3.08. The maximum Gasteiger partial charge on any atom is 0.341 e. The molecular formula is C17H14N4O3. The fourth-order valence-corrected chi connectivity index (χ4v) is 2.07. The SMILES string of the molecule is O=C(O)COc1ccccc1/C=N\n1cnnc1-c1ccccc1. The second-order valence-corrected chi connectivity index (χ2v) is 4.83. The van der Waals surface area contributed by atoms with Gasteiger partial charge >= 0.3 is 5.97 Å². The third-order valence-corrected chi connectivity index (χ3v) is 3.15. The van der Waals surface area contributed by atoms with E-state index in [1.54, 1.807) is 29.1 Å². The zero-order valence-corrected chi connectivity index (χ0v) is 12.6. The lowest BCUT2D eigenvalue weighted by molar-refractivity contribution is -0.139. The van der Waals surface area contributed by atoms with E-state index >= 15 is 0 Å². The maximum absolute atomic E-state index is 10.7. The lowest BCUT2D eigenvalue weighted by Gasteiger charge is -2.06. The minimum Gasteiger partial charge on any atom is -0.481 e. The van der Waals surface area contributed by atoms with Crippen molar-refractivity contribution in [2.75, 3.05) is 6.61 Å². The highest BCUT2D eigenvalue weighted by atomic mass is 16.5. The number of carbonyl (C=O) groups is 1. The lowest BCUT2D eigenvalue weighted by Crippen LogP contribution is -2.10. The number of carboxylic acids is 1. The van der Waals surface area contributed by atoms with E-state index in [9.17, 15) is 4.79 Å². The molecule has 120 valence electrons. The number of para-hydroxylation sites is 1. The molecule has 0 bridgehead atoms. The summed E-state index contributed by atoms with van der Waals surface area (Å²) in [6, 6.07) is 16.6. The van der Waals surface area contributed by atoms with Gasteiger partial charge in [-0.25, -0.2) is 4.79 Å². The molecule has 3 aromatic rings. The maximum atomic E-state index is 10.7. The van der Waals surface area contributed by atoms with Crippen LogP contribution in [0.5, 0.6) is 5.75 Å². The number of aromatic nitrogens is 3. The highest BCUT2D eigenvalue weighted by molar-refractivity contribution is 5.83. The number of nitrogens with zero attached hydrogens (tertiary/aromatic N) is 4. The minimum atomic E-state index is -1.04. The molecule has 2 aromatic carbocycles. The van der Waals surface area contributed by atoms with Gasteiger partial charge in [0.25, 0.3) is 0 Å². The molecule has 0 radical (unpaired) electrons. The molecule has 0 aliphatic heterocycles. The van der Waals surface area contributed by atoms with Crippen molar-refractivity contribution in [3.05, 3.63) is 66.5 Å². The van der Waals surface area contributed by atoms with Gasteiger partial charge in [-0.2, -0.15) is 9.78 Å². The van der Waals surface area contributed by atoms with Crippen LogP contribution < -0.4 is 4.74 Å². The van der Waals surface area contributed by atoms with Crippen molar-refractivity contribution in [1.82, 2.24) is 14.9 Å². The predicted molar refractivity (Wildman–Crippen MR) is 88.0 cm³/mol. The molecule has 1 aromatic heterocycles. The summed E-state index contributed by atoms with van der Waals surface area (Å²) in [5.74, 6) is 0.0145. The number of ether oxygens (including phenoxy) is 1. The van der Waals surface area contributed by atoms with E-state index < -0.39 is 12.6 Å². The predicted octanol–water partition coefficient (Wildman–Crippen LogP) is 2.29. The molecule has 7 nitrogen and oxygen atoms in total. The first-order valence-corrected chi connectivity index (χ1v) is 7.17. The van der Waals surface area contributed by atoms with Crippen molar-refractivity contribution >= 4 is 12.2 Å². The van der Waals surface area contributed by atoms with Crippen molar-refractivity contribution < 1.29 is 14.6 Å². The highest BCUT2D eigenvalue weighted by Gasteiger charge is 2.07. The third-order valence-electron chi connectivity index (χ3n) is 3.15. The molecule has 0 saturated heterocycles. The molecule has 0 amide bonds. The van der Waals surface area contributed by atoms with Crippen LogP contribution >= 0.6 is 0 Å². The van der Waals surface area contributed by atoms with Crippen LogP contribution in [0.1, 0.15) is 5.56 Å². The van der Waals surface area contributed by atoms with E-state index in [0.717, 1.165) is 5.56 Å². The number of benzene rings is 2. The number of hydrogen-bond donors (Lipinski definition) is 1. The van der Waals surface area contributed by atoms with Crippen LogP contribution in [0.4, 0.5) is 0 Å². The fraction of sp³-hybridized carbons (Fsp3) is 0.0588. The Bertz CT molecular complexity index is 859. The van der Waals surface area contributed by atoms with E-state index in [2.05, 4.69) is 15.3 Å². The van der Waals surface area contributed by atoms with Crippen molar-refractivity contribution in [3.8, 4) is 17.1 Å². The van der Waals surface area contributed by atoms with Gasteiger partial charge in [0.2, 0.25) is 0 Å². The first-order valence-electron chi connectivity index (χ1n) is 7.17. The highest BCUT2D eigenvalue weighted by Crippen LogP contribution is 2.18. The van der Waals surface area contributed by atoms with Crippen LogP contribution in [-0.4, -0.2) is 38.8 Å². The summed E-state index contributed by atoms with van der Waals surface area (Å²) in [4.78, 5) is 10.7. The summed E-state index contributed by atoms with van der Waals surface area (Å²) in [6.45, 7) is -0.410. The van der Waals surface area contributed by atoms with Gasteiger partial charge in [-0.05, 0) is 12.1 Å². The van der Waals surface area contributed by atoms with Crippen molar-refractivity contribution in [3.63, 3.8) is 0 Å². The van der Waals surface area contributed by atoms with Crippen LogP contribution in [0.2, 0.25) is 0 Å². The number of carboxylic acid groups (broad SMARTS) is 1. The second kappa shape index (κ2) is 7.19. The normalized spacial score (nSPS) is 10.8. The van der Waals surface area contributed by atoms with Crippen molar-refractivity contribution in [2.45, 2.75) is 0 Å². The minimum absolute atomic E-state index is 0.410. The molecule has 0 saturated carbocycles. The molecule has 0 atom stereocenters. The molecule has 1 heterocycles. The summed E-state index contributed by atoms with van der Waals surface area (Å²) in [7, 11) is 0. The van der Waals surface area contributed by atoms with Crippen LogP contribution in [0.3, 0.4) is 0 Å². The van der Waals surface area contributed by atoms with Gasteiger partial charge in [-0.1, -0.05) is 42.5 Å². The van der Waals surface area contributed by atoms with E-state index in [4.69, 9.17) is 9.84 Å². The summed E-state index contributed by atoms with van der Waals surface area (Å²) < 4.78 is 6.80. The van der Waals surface area contributed by atoms with Gasteiger partial charge in [0, 0.05) is 11.1 Å². The van der Waals surface area contributed by atoms with Crippen molar-refractivity contribution in [1.29, 1.82) is 0 Å². The summed E-state index contributed by atoms with van der Waals surface area (Å²) in [5, 5.41) is 21.0. The first kappa shape index (κ1) is 15.4. The molecule has 0 fully saturated rings. The molecule has 0 unspecified atom stereocenters. The molecule has 3 rings (SSSR count). The molecule has 7 heteroatoms. The fourth-order valence-electron chi connectivity index (χ4n) is 2.07. The van der Waals surface area contributed by atoms with Gasteiger partial charge in [-0.3, -0.25) is 0 Å². The van der Waals surface area contributed by atoms with Crippen LogP contribution in [0.25, 0.3) is 11.4 Å². The quantitative estimate of drug-likeness (QED) is 0.703.